The molecule has 20 heavy (non-hydrogen) atoms. The minimum Gasteiger partial charge on any atom is -0.487 e. The summed E-state index contributed by atoms with van der Waals surface area (Å²) < 4.78 is 5.86. The van der Waals surface area contributed by atoms with Crippen LogP contribution in [0, 0.1) is 6.92 Å². The summed E-state index contributed by atoms with van der Waals surface area (Å²) in [6.07, 6.45) is 3.43. The first kappa shape index (κ1) is 14.3. The first-order valence-electron chi connectivity index (χ1n) is 6.82. The predicted octanol–water partition coefficient (Wildman–Crippen LogP) is 3.53. The van der Waals surface area contributed by atoms with Crippen molar-refractivity contribution in [3.05, 3.63) is 47.4 Å². The fourth-order valence-electron chi connectivity index (χ4n) is 1.84. The van der Waals surface area contributed by atoms with E-state index in [4.69, 9.17) is 4.74 Å². The van der Waals surface area contributed by atoms with E-state index < -0.39 is 0 Å². The molecule has 0 unspecified atom stereocenters. The van der Waals surface area contributed by atoms with E-state index in [2.05, 4.69) is 54.3 Å². The van der Waals surface area contributed by atoms with Gasteiger partial charge in [0.15, 0.2) is 0 Å². The molecule has 0 aliphatic carbocycles. The van der Waals surface area contributed by atoms with Crippen LogP contribution in [0.15, 0.2) is 30.6 Å². The normalized spacial score (nSPS) is 10.7. The third-order valence-corrected chi connectivity index (χ3v) is 3.22. The highest BCUT2D eigenvalue weighted by Gasteiger charge is 2.06. The third-order valence-electron chi connectivity index (χ3n) is 3.22. The lowest BCUT2D eigenvalue weighted by atomic mass is 10.0. The molecule has 1 aromatic heterocycles. The Bertz CT molecular complexity index is 564. The van der Waals surface area contributed by atoms with E-state index in [1.54, 1.807) is 12.4 Å². The summed E-state index contributed by atoms with van der Waals surface area (Å²) in [5, 5.41) is 2.94. The molecular weight excluding hydrogens is 250 g/mol. The number of benzene rings is 1. The van der Waals surface area contributed by atoms with Gasteiger partial charge >= 0.3 is 0 Å². The van der Waals surface area contributed by atoms with Crippen LogP contribution < -0.4 is 10.1 Å². The zero-order valence-electron chi connectivity index (χ0n) is 12.5. The Balaban J connectivity index is 2.07. The molecule has 0 amide bonds. The largest absolute Gasteiger partial charge is 0.487 e. The molecule has 0 fully saturated rings. The number of anilines is 1. The highest BCUT2D eigenvalue weighted by atomic mass is 16.5. The molecule has 0 aliphatic rings. The van der Waals surface area contributed by atoms with Crippen LogP contribution in [0.4, 0.5) is 5.82 Å². The Morgan fingerprint density at radius 2 is 2.00 bits per heavy atom. The van der Waals surface area contributed by atoms with E-state index >= 15 is 0 Å². The van der Waals surface area contributed by atoms with Crippen LogP contribution in [0.25, 0.3) is 0 Å². The Hall–Kier alpha value is -2.10. The number of hydrogen-bond donors (Lipinski definition) is 1. The summed E-state index contributed by atoms with van der Waals surface area (Å²) >= 11 is 0. The first-order chi connectivity index (χ1) is 9.60. The molecule has 0 atom stereocenters. The lowest BCUT2D eigenvalue weighted by Crippen LogP contribution is -2.02. The number of ether oxygens (including phenoxy) is 1. The average molecular weight is 271 g/mol. The number of aryl methyl sites for hydroxylation is 1. The summed E-state index contributed by atoms with van der Waals surface area (Å²) in [6.45, 7) is 6.83. The molecule has 4 nitrogen and oxygen atoms in total. The highest BCUT2D eigenvalue weighted by Crippen LogP contribution is 2.24. The van der Waals surface area contributed by atoms with Crippen molar-refractivity contribution in [2.75, 3.05) is 12.4 Å². The average Bonchev–Trinajstić information content (AvgIpc) is 2.46. The van der Waals surface area contributed by atoms with E-state index in [1.165, 1.54) is 5.56 Å². The van der Waals surface area contributed by atoms with Gasteiger partial charge in [0.05, 0.1) is 18.1 Å². The van der Waals surface area contributed by atoms with Gasteiger partial charge in [0.1, 0.15) is 18.2 Å². The smallest absolute Gasteiger partial charge is 0.144 e. The Morgan fingerprint density at radius 1 is 1.20 bits per heavy atom. The molecule has 0 saturated carbocycles. The van der Waals surface area contributed by atoms with Crippen molar-refractivity contribution in [3.63, 3.8) is 0 Å². The molecule has 1 heterocycles. The molecule has 106 valence electrons. The van der Waals surface area contributed by atoms with Gasteiger partial charge in [-0.3, -0.25) is 4.98 Å². The minimum absolute atomic E-state index is 0.430. The molecule has 2 aromatic rings. The van der Waals surface area contributed by atoms with E-state index in [1.807, 2.05) is 7.05 Å². The van der Waals surface area contributed by atoms with Gasteiger partial charge in [-0.25, -0.2) is 4.98 Å². The second-order valence-electron chi connectivity index (χ2n) is 5.11. The monoisotopic (exact) mass is 271 g/mol. The van der Waals surface area contributed by atoms with Crippen LogP contribution in [0.2, 0.25) is 0 Å². The molecule has 1 N–H and O–H groups in total. The van der Waals surface area contributed by atoms with Gasteiger partial charge in [-0.05, 0) is 30.0 Å². The van der Waals surface area contributed by atoms with Gasteiger partial charge in [-0.2, -0.15) is 0 Å². The van der Waals surface area contributed by atoms with Crippen molar-refractivity contribution >= 4 is 5.82 Å². The summed E-state index contributed by atoms with van der Waals surface area (Å²) in [4.78, 5) is 8.53. The Labute approximate surface area is 120 Å². The van der Waals surface area contributed by atoms with Crippen molar-refractivity contribution in [1.29, 1.82) is 0 Å². The van der Waals surface area contributed by atoms with Crippen molar-refractivity contribution in [1.82, 2.24) is 9.97 Å². The second-order valence-corrected chi connectivity index (χ2v) is 5.11. The maximum Gasteiger partial charge on any atom is 0.144 e. The van der Waals surface area contributed by atoms with Crippen molar-refractivity contribution in [2.45, 2.75) is 33.3 Å². The third kappa shape index (κ3) is 3.47. The molecule has 0 spiro atoms. The molecular formula is C16H21N3O. The fraction of sp³-hybridized carbons (Fsp3) is 0.375. The fourth-order valence-corrected chi connectivity index (χ4v) is 1.84. The van der Waals surface area contributed by atoms with Gasteiger partial charge in [0.2, 0.25) is 0 Å². The highest BCUT2D eigenvalue weighted by molar-refractivity contribution is 5.38. The van der Waals surface area contributed by atoms with Crippen LogP contribution in [0.3, 0.4) is 0 Å². The van der Waals surface area contributed by atoms with Crippen molar-refractivity contribution in [3.8, 4) is 5.75 Å². The van der Waals surface area contributed by atoms with Crippen molar-refractivity contribution in [2.24, 2.45) is 0 Å². The van der Waals surface area contributed by atoms with Crippen LogP contribution in [-0.4, -0.2) is 17.0 Å². The van der Waals surface area contributed by atoms with Gasteiger partial charge in [0, 0.05) is 7.05 Å². The first-order valence-corrected chi connectivity index (χ1v) is 6.82. The quantitative estimate of drug-likeness (QED) is 0.903. The lowest BCUT2D eigenvalue weighted by molar-refractivity contribution is 0.298. The number of nitrogens with one attached hydrogen (secondary N) is 1. The van der Waals surface area contributed by atoms with Gasteiger partial charge in [-0.15, -0.1) is 0 Å². The van der Waals surface area contributed by atoms with Gasteiger partial charge < -0.3 is 10.1 Å². The Morgan fingerprint density at radius 3 is 2.60 bits per heavy atom. The van der Waals surface area contributed by atoms with E-state index in [0.29, 0.717) is 12.5 Å². The molecule has 0 bridgehead atoms. The topological polar surface area (TPSA) is 47.0 Å². The Kier molecular flexibility index (Phi) is 4.56. The van der Waals surface area contributed by atoms with E-state index in [0.717, 1.165) is 22.8 Å². The maximum absolute atomic E-state index is 5.86. The summed E-state index contributed by atoms with van der Waals surface area (Å²) in [5.41, 5.74) is 3.23. The number of nitrogens with zero attached hydrogens (tertiary/aromatic N) is 2. The number of hydrogen-bond acceptors (Lipinski definition) is 4. The van der Waals surface area contributed by atoms with Gasteiger partial charge in [0.25, 0.3) is 0 Å². The number of aromatic nitrogens is 2. The maximum atomic E-state index is 5.86. The molecule has 0 radical (unpaired) electrons. The van der Waals surface area contributed by atoms with Crippen LogP contribution in [0.1, 0.15) is 36.6 Å². The molecule has 0 saturated heterocycles. The van der Waals surface area contributed by atoms with Crippen LogP contribution in [0.5, 0.6) is 5.75 Å². The van der Waals surface area contributed by atoms with Crippen LogP contribution in [-0.2, 0) is 6.61 Å². The predicted molar refractivity (Wildman–Crippen MR) is 81.2 cm³/mol. The number of rotatable bonds is 5. The molecule has 1 aromatic carbocycles. The zero-order chi connectivity index (χ0) is 14.5. The summed E-state index contributed by atoms with van der Waals surface area (Å²) in [7, 11) is 1.82. The molecule has 2 rings (SSSR count). The SMILES string of the molecule is CNc1cnc(COc2cc(C(C)C)ccc2C)cn1. The summed E-state index contributed by atoms with van der Waals surface area (Å²) in [5.74, 6) is 2.16. The van der Waals surface area contributed by atoms with E-state index in [9.17, 15) is 0 Å². The minimum atomic E-state index is 0.430. The lowest BCUT2D eigenvalue weighted by Gasteiger charge is -2.12. The summed E-state index contributed by atoms with van der Waals surface area (Å²) in [6, 6.07) is 6.35. The van der Waals surface area contributed by atoms with E-state index in [-0.39, 0.29) is 0 Å². The van der Waals surface area contributed by atoms with Gasteiger partial charge in [-0.1, -0.05) is 26.0 Å². The van der Waals surface area contributed by atoms with Crippen LogP contribution >= 0.6 is 0 Å². The second kappa shape index (κ2) is 6.37. The molecule has 4 heteroatoms. The molecule has 0 aliphatic heterocycles. The zero-order valence-corrected chi connectivity index (χ0v) is 12.5. The van der Waals surface area contributed by atoms with Crippen molar-refractivity contribution < 1.29 is 4.74 Å². The standard InChI is InChI=1S/C16H21N3O/c1-11(2)13-6-5-12(3)15(7-13)20-10-14-8-19-16(17-4)9-18-14/h5-9,11H,10H2,1-4H3,(H,17,19).